The lowest BCUT2D eigenvalue weighted by Gasteiger charge is -2.38. The van der Waals surface area contributed by atoms with E-state index in [0.29, 0.717) is 5.56 Å². The normalized spacial score (nSPS) is 17.0. The van der Waals surface area contributed by atoms with Crippen molar-refractivity contribution in [2.75, 3.05) is 0 Å². The second-order valence-electron chi connectivity index (χ2n) is 9.68. The summed E-state index contributed by atoms with van der Waals surface area (Å²) in [6.07, 6.45) is 0. The van der Waals surface area contributed by atoms with E-state index in [-0.39, 0.29) is 29.8 Å². The number of fused-ring (bicyclic) bond motifs is 2. The molecule has 3 N–H and O–H groups in total. The summed E-state index contributed by atoms with van der Waals surface area (Å²) in [5, 5.41) is 10.0. The third kappa shape index (κ3) is 3.47. The van der Waals surface area contributed by atoms with Crippen LogP contribution in [0.15, 0.2) is 54.6 Å². The van der Waals surface area contributed by atoms with Gasteiger partial charge in [-0.3, -0.25) is 4.79 Å². The Morgan fingerprint density at radius 2 is 1.56 bits per heavy atom. The molecule has 3 aromatic rings. The summed E-state index contributed by atoms with van der Waals surface area (Å²) in [5.41, 5.74) is 10.6. The maximum Gasteiger partial charge on any atom is 0.339 e. The van der Waals surface area contributed by atoms with E-state index in [0.717, 1.165) is 33.4 Å². The Morgan fingerprint density at radius 3 is 2.12 bits per heavy atom. The first-order valence-corrected chi connectivity index (χ1v) is 11.6. The van der Waals surface area contributed by atoms with Gasteiger partial charge in [-0.05, 0) is 58.2 Å². The molecule has 0 bridgehead atoms. The molecule has 0 saturated heterocycles. The van der Waals surface area contributed by atoms with Gasteiger partial charge in [0.1, 0.15) is 23.3 Å². The highest BCUT2D eigenvalue weighted by Crippen LogP contribution is 2.52. The van der Waals surface area contributed by atoms with E-state index in [4.69, 9.17) is 10.5 Å². The van der Waals surface area contributed by atoms with Crippen LogP contribution in [0.3, 0.4) is 0 Å². The predicted octanol–water partition coefficient (Wildman–Crippen LogP) is 5.65. The van der Waals surface area contributed by atoms with Gasteiger partial charge in [0.15, 0.2) is 0 Å². The average Bonchev–Trinajstić information content (AvgIpc) is 2.92. The number of amides is 1. The average molecular weight is 458 g/mol. The number of rotatable bonds is 5. The Morgan fingerprint density at radius 1 is 0.941 bits per heavy atom. The molecule has 1 atom stereocenters. The number of aryl methyl sites for hydroxylation is 1. The summed E-state index contributed by atoms with van der Waals surface area (Å²) in [4.78, 5) is 26.2. The van der Waals surface area contributed by atoms with E-state index in [1.807, 2.05) is 55.5 Å². The van der Waals surface area contributed by atoms with Crippen molar-refractivity contribution in [3.63, 3.8) is 0 Å². The standard InChI is InChI=1S/C29H31NO4/c1-16(2)20-10-8-11-21(17(3)4)25(20)29(28(30)33)23-12-7-6-9-19(23)15-34-26-22(27(31)32)13-18(5)14-24(26)29/h6-14,16-17H,15H2,1-5H3,(H2,30,33)(H,31,32). The van der Waals surface area contributed by atoms with E-state index < -0.39 is 17.3 Å². The Balaban J connectivity index is 2.33. The van der Waals surface area contributed by atoms with Gasteiger partial charge in [0.2, 0.25) is 5.91 Å². The van der Waals surface area contributed by atoms with Crippen LogP contribution in [0.5, 0.6) is 5.75 Å². The molecule has 0 spiro atoms. The van der Waals surface area contributed by atoms with E-state index in [1.54, 1.807) is 6.07 Å². The molecule has 0 saturated carbocycles. The van der Waals surface area contributed by atoms with Crippen LogP contribution in [0.4, 0.5) is 0 Å². The smallest absolute Gasteiger partial charge is 0.339 e. The van der Waals surface area contributed by atoms with Gasteiger partial charge in [-0.15, -0.1) is 0 Å². The zero-order chi connectivity index (χ0) is 24.8. The Bertz CT molecular complexity index is 1270. The fourth-order valence-electron chi connectivity index (χ4n) is 5.32. The van der Waals surface area contributed by atoms with E-state index in [2.05, 4.69) is 27.7 Å². The van der Waals surface area contributed by atoms with Crippen LogP contribution >= 0.6 is 0 Å². The minimum atomic E-state index is -1.42. The first kappa shape index (κ1) is 23.6. The lowest BCUT2D eigenvalue weighted by atomic mass is 9.62. The first-order valence-electron chi connectivity index (χ1n) is 11.6. The van der Waals surface area contributed by atoms with Gasteiger partial charge in [0.25, 0.3) is 0 Å². The highest BCUT2D eigenvalue weighted by Gasteiger charge is 2.50. The largest absolute Gasteiger partial charge is 0.488 e. The summed E-state index contributed by atoms with van der Waals surface area (Å²) in [6.45, 7) is 10.3. The van der Waals surface area contributed by atoms with Crippen molar-refractivity contribution < 1.29 is 19.4 Å². The molecule has 1 aliphatic rings. The molecule has 5 heteroatoms. The van der Waals surface area contributed by atoms with Crippen molar-refractivity contribution in [2.45, 2.75) is 58.5 Å². The lowest BCUT2D eigenvalue weighted by Crippen LogP contribution is -2.45. The highest BCUT2D eigenvalue weighted by molar-refractivity contribution is 6.00. The van der Waals surface area contributed by atoms with Crippen LogP contribution in [-0.2, 0) is 16.8 Å². The van der Waals surface area contributed by atoms with Crippen molar-refractivity contribution in [1.82, 2.24) is 0 Å². The van der Waals surface area contributed by atoms with Gasteiger partial charge < -0.3 is 15.6 Å². The number of benzene rings is 3. The van der Waals surface area contributed by atoms with Crippen molar-refractivity contribution in [3.8, 4) is 5.75 Å². The number of ether oxygens (including phenoxy) is 1. The number of nitrogens with two attached hydrogens (primary N) is 1. The summed E-state index contributed by atoms with van der Waals surface area (Å²) >= 11 is 0. The summed E-state index contributed by atoms with van der Waals surface area (Å²) in [5.74, 6) is -1.25. The first-order chi connectivity index (χ1) is 16.1. The maximum absolute atomic E-state index is 13.9. The number of aromatic carboxylic acids is 1. The molecule has 1 unspecified atom stereocenters. The van der Waals surface area contributed by atoms with Crippen molar-refractivity contribution >= 4 is 11.9 Å². The van der Waals surface area contributed by atoms with Gasteiger partial charge in [0, 0.05) is 5.56 Å². The molecule has 34 heavy (non-hydrogen) atoms. The number of carbonyl (C=O) groups is 2. The van der Waals surface area contributed by atoms with Crippen LogP contribution in [0.1, 0.15) is 88.8 Å². The third-order valence-corrected chi connectivity index (χ3v) is 6.78. The monoisotopic (exact) mass is 457 g/mol. The van der Waals surface area contributed by atoms with Gasteiger partial charge in [-0.25, -0.2) is 4.79 Å². The Hall–Kier alpha value is -3.60. The van der Waals surface area contributed by atoms with Gasteiger partial charge in [-0.2, -0.15) is 0 Å². The molecule has 1 aliphatic heterocycles. The Kier molecular flexibility index (Phi) is 5.98. The molecular formula is C29H31NO4. The quantitative estimate of drug-likeness (QED) is 0.518. The van der Waals surface area contributed by atoms with Crippen molar-refractivity contribution in [2.24, 2.45) is 5.73 Å². The molecule has 0 fully saturated rings. The summed E-state index contributed by atoms with van der Waals surface area (Å²) in [7, 11) is 0. The molecule has 176 valence electrons. The topological polar surface area (TPSA) is 89.6 Å². The highest BCUT2D eigenvalue weighted by atomic mass is 16.5. The van der Waals surface area contributed by atoms with Crippen molar-refractivity contribution in [3.05, 3.63) is 99.1 Å². The van der Waals surface area contributed by atoms with E-state index >= 15 is 0 Å². The van der Waals surface area contributed by atoms with Gasteiger partial charge >= 0.3 is 5.97 Å². The van der Waals surface area contributed by atoms with Crippen LogP contribution in [-0.4, -0.2) is 17.0 Å². The molecule has 0 aliphatic carbocycles. The zero-order valence-electron chi connectivity index (χ0n) is 20.3. The lowest BCUT2D eigenvalue weighted by molar-refractivity contribution is -0.121. The fourth-order valence-corrected chi connectivity index (χ4v) is 5.32. The molecule has 0 aromatic heterocycles. The van der Waals surface area contributed by atoms with Crippen LogP contribution in [0.2, 0.25) is 0 Å². The summed E-state index contributed by atoms with van der Waals surface area (Å²) < 4.78 is 6.16. The van der Waals surface area contributed by atoms with Gasteiger partial charge in [0.05, 0.1) is 0 Å². The second kappa shape index (κ2) is 8.64. The molecule has 3 aromatic carbocycles. The molecule has 1 heterocycles. The third-order valence-electron chi connectivity index (χ3n) is 6.78. The number of carboxylic acids is 1. The number of carboxylic acid groups (broad SMARTS) is 1. The molecular weight excluding hydrogens is 426 g/mol. The molecule has 5 nitrogen and oxygen atoms in total. The van der Waals surface area contributed by atoms with E-state index in [1.165, 1.54) is 0 Å². The number of hydrogen-bond acceptors (Lipinski definition) is 3. The maximum atomic E-state index is 13.9. The predicted molar refractivity (Wildman–Crippen MR) is 133 cm³/mol. The molecule has 4 rings (SSSR count). The van der Waals surface area contributed by atoms with Crippen LogP contribution in [0, 0.1) is 6.92 Å². The summed E-state index contributed by atoms with van der Waals surface area (Å²) in [6, 6.07) is 17.2. The minimum Gasteiger partial charge on any atom is -0.488 e. The SMILES string of the molecule is Cc1cc(C(=O)O)c2c(c1)C(C(N)=O)(c1c(C(C)C)cccc1C(C)C)c1ccccc1CO2. The zero-order valence-corrected chi connectivity index (χ0v) is 20.3. The number of hydrogen-bond donors (Lipinski definition) is 2. The number of carbonyl (C=O) groups excluding carboxylic acids is 1. The Labute approximate surface area is 200 Å². The van der Waals surface area contributed by atoms with Gasteiger partial charge in [-0.1, -0.05) is 76.2 Å². The molecule has 1 amide bonds. The molecule has 0 radical (unpaired) electrons. The minimum absolute atomic E-state index is 0.0292. The van der Waals surface area contributed by atoms with Crippen LogP contribution < -0.4 is 10.5 Å². The van der Waals surface area contributed by atoms with E-state index in [9.17, 15) is 14.7 Å². The van der Waals surface area contributed by atoms with Crippen molar-refractivity contribution in [1.29, 1.82) is 0 Å². The second-order valence-corrected chi connectivity index (χ2v) is 9.68. The fraction of sp³-hybridized carbons (Fsp3) is 0.310. The van der Waals surface area contributed by atoms with Crippen LogP contribution in [0.25, 0.3) is 0 Å². The number of primary amides is 1.